The van der Waals surface area contributed by atoms with Crippen LogP contribution in [0.3, 0.4) is 0 Å². The Morgan fingerprint density at radius 3 is 2.52 bits per heavy atom. The minimum atomic E-state index is -0.759. The van der Waals surface area contributed by atoms with Crippen molar-refractivity contribution in [2.75, 3.05) is 6.61 Å². The molecule has 1 aliphatic heterocycles. The molecule has 0 N–H and O–H groups in total. The van der Waals surface area contributed by atoms with E-state index in [9.17, 15) is 9.59 Å². The van der Waals surface area contributed by atoms with E-state index in [0.717, 1.165) is 15.6 Å². The second kappa shape index (κ2) is 13.5. The Labute approximate surface area is 279 Å². The normalized spacial score (nSPS) is 14.7. The fourth-order valence-corrected chi connectivity index (χ4v) is 7.08. The number of carbonyl (C=O) groups excluding carboxylic acids is 1. The lowest BCUT2D eigenvalue weighted by atomic mass is 9.95. The summed E-state index contributed by atoms with van der Waals surface area (Å²) in [5.74, 6) is 0.783. The van der Waals surface area contributed by atoms with Gasteiger partial charge in [0.1, 0.15) is 24.1 Å². The van der Waals surface area contributed by atoms with Crippen LogP contribution in [0.4, 0.5) is 0 Å². The van der Waals surface area contributed by atoms with Gasteiger partial charge in [0.2, 0.25) is 0 Å². The first-order chi connectivity index (χ1) is 22.2. The van der Waals surface area contributed by atoms with Gasteiger partial charge in [0.25, 0.3) is 5.56 Å². The summed E-state index contributed by atoms with van der Waals surface area (Å²) in [6.07, 6.45) is 1.73. The molecule has 1 aliphatic rings. The molecular formula is C37H33BrN2O5S. The molecule has 234 valence electrons. The van der Waals surface area contributed by atoms with E-state index >= 15 is 0 Å². The molecule has 0 unspecified atom stereocenters. The summed E-state index contributed by atoms with van der Waals surface area (Å²) in [6.45, 7) is 8.03. The average Bonchev–Trinajstić information content (AvgIpc) is 3.33. The van der Waals surface area contributed by atoms with E-state index in [1.807, 2.05) is 74.5 Å². The number of ether oxygens (including phenoxy) is 3. The molecule has 5 aromatic rings. The fraction of sp³-hybridized carbons (Fsp3) is 0.216. The monoisotopic (exact) mass is 696 g/mol. The number of rotatable bonds is 9. The van der Waals surface area contributed by atoms with E-state index in [1.54, 1.807) is 18.4 Å². The lowest BCUT2D eigenvalue weighted by molar-refractivity contribution is -0.139. The molecule has 4 aromatic carbocycles. The number of aromatic nitrogens is 1. The van der Waals surface area contributed by atoms with E-state index < -0.39 is 12.0 Å². The first-order valence-corrected chi connectivity index (χ1v) is 16.7. The van der Waals surface area contributed by atoms with Crippen LogP contribution in [0.1, 0.15) is 50.4 Å². The standard InChI is InChI=1S/C37H33BrN2O5S/c1-5-43-36(42)33-23(4)39-37-40(34(33)28-12-8-9-13-30(28)45-22(2)3)35(41)32(46-37)20-24-15-17-31(29(38)19-24)44-21-25-14-16-26-10-6-7-11-27(26)18-25/h6-20,22,34H,5,21H2,1-4H3/b32-20+/t34-/m1/s1. The highest BCUT2D eigenvalue weighted by atomic mass is 79.9. The number of allylic oxidation sites excluding steroid dienone is 1. The van der Waals surface area contributed by atoms with Crippen LogP contribution in [-0.2, 0) is 16.1 Å². The topological polar surface area (TPSA) is 79.1 Å². The lowest BCUT2D eigenvalue weighted by Gasteiger charge is -2.26. The maximum atomic E-state index is 14.1. The van der Waals surface area contributed by atoms with Crippen molar-refractivity contribution in [3.63, 3.8) is 0 Å². The van der Waals surface area contributed by atoms with E-state index in [2.05, 4.69) is 46.3 Å². The Hall–Kier alpha value is -4.47. The third-order valence-corrected chi connectivity index (χ3v) is 9.16. The molecular weight excluding hydrogens is 664 g/mol. The zero-order valence-corrected chi connectivity index (χ0v) is 28.4. The molecule has 0 radical (unpaired) electrons. The maximum absolute atomic E-state index is 14.1. The van der Waals surface area contributed by atoms with E-state index in [0.29, 0.717) is 44.3 Å². The summed E-state index contributed by atoms with van der Waals surface area (Å²) < 4.78 is 20.5. The van der Waals surface area contributed by atoms with Gasteiger partial charge in [-0.3, -0.25) is 9.36 Å². The van der Waals surface area contributed by atoms with Gasteiger partial charge in [0.05, 0.1) is 33.0 Å². The first-order valence-electron chi connectivity index (χ1n) is 15.1. The van der Waals surface area contributed by atoms with Gasteiger partial charge in [-0.25, -0.2) is 9.79 Å². The number of nitrogens with zero attached hydrogens (tertiary/aromatic N) is 2. The predicted molar refractivity (Wildman–Crippen MR) is 185 cm³/mol. The SMILES string of the molecule is CCOC(=O)C1=C(C)N=c2s/c(=C/c3ccc(OCc4ccc5ccccc5c4)c(Br)c3)c(=O)n2[C@@H]1c1ccccc1OC(C)C. The number of esters is 1. The number of para-hydroxylation sites is 1. The smallest absolute Gasteiger partial charge is 0.338 e. The van der Waals surface area contributed by atoms with Crippen LogP contribution in [0, 0.1) is 0 Å². The molecule has 0 fully saturated rings. The van der Waals surface area contributed by atoms with Crippen molar-refractivity contribution in [2.45, 2.75) is 46.4 Å². The van der Waals surface area contributed by atoms with Gasteiger partial charge < -0.3 is 14.2 Å². The van der Waals surface area contributed by atoms with Crippen LogP contribution in [0.25, 0.3) is 16.8 Å². The second-order valence-electron chi connectivity index (χ2n) is 11.2. The van der Waals surface area contributed by atoms with Gasteiger partial charge in [-0.1, -0.05) is 72.0 Å². The molecule has 0 spiro atoms. The van der Waals surface area contributed by atoms with Crippen molar-refractivity contribution in [1.82, 2.24) is 4.57 Å². The van der Waals surface area contributed by atoms with Crippen LogP contribution in [0.2, 0.25) is 0 Å². The summed E-state index contributed by atoms with van der Waals surface area (Å²) in [7, 11) is 0. The summed E-state index contributed by atoms with van der Waals surface area (Å²) in [6, 6.07) is 27.0. The molecule has 9 heteroatoms. The van der Waals surface area contributed by atoms with E-state index in [1.165, 1.54) is 22.1 Å². The van der Waals surface area contributed by atoms with Crippen LogP contribution in [0.5, 0.6) is 11.5 Å². The van der Waals surface area contributed by atoms with Crippen molar-refractivity contribution >= 4 is 50.1 Å². The molecule has 7 nitrogen and oxygen atoms in total. The van der Waals surface area contributed by atoms with Gasteiger partial charge in [0.15, 0.2) is 4.80 Å². The molecule has 46 heavy (non-hydrogen) atoms. The van der Waals surface area contributed by atoms with Crippen molar-refractivity contribution in [3.8, 4) is 11.5 Å². The van der Waals surface area contributed by atoms with Crippen molar-refractivity contribution in [3.05, 3.63) is 137 Å². The highest BCUT2D eigenvalue weighted by Crippen LogP contribution is 2.36. The highest BCUT2D eigenvalue weighted by Gasteiger charge is 2.35. The first kappa shape index (κ1) is 31.5. The third kappa shape index (κ3) is 6.43. The highest BCUT2D eigenvalue weighted by molar-refractivity contribution is 9.10. The largest absolute Gasteiger partial charge is 0.491 e. The molecule has 2 heterocycles. The zero-order chi connectivity index (χ0) is 32.4. The second-order valence-corrected chi connectivity index (χ2v) is 13.0. The average molecular weight is 698 g/mol. The molecule has 0 bridgehead atoms. The number of fused-ring (bicyclic) bond motifs is 2. The molecule has 0 saturated carbocycles. The minimum Gasteiger partial charge on any atom is -0.491 e. The van der Waals surface area contributed by atoms with Gasteiger partial charge in [-0.15, -0.1) is 0 Å². The maximum Gasteiger partial charge on any atom is 0.338 e. The Balaban J connectivity index is 1.35. The van der Waals surface area contributed by atoms with E-state index in [-0.39, 0.29) is 18.3 Å². The Morgan fingerprint density at radius 1 is 1.00 bits per heavy atom. The molecule has 0 saturated heterocycles. The van der Waals surface area contributed by atoms with Crippen LogP contribution in [0.15, 0.2) is 110 Å². The van der Waals surface area contributed by atoms with Crippen LogP contribution >= 0.6 is 27.3 Å². The summed E-state index contributed by atoms with van der Waals surface area (Å²) in [5.41, 5.74) is 3.15. The number of hydrogen-bond acceptors (Lipinski definition) is 7. The summed E-state index contributed by atoms with van der Waals surface area (Å²) >= 11 is 4.93. The van der Waals surface area contributed by atoms with Crippen molar-refractivity contribution in [1.29, 1.82) is 0 Å². The Morgan fingerprint density at radius 2 is 1.76 bits per heavy atom. The minimum absolute atomic E-state index is 0.105. The number of carbonyl (C=O) groups is 1. The third-order valence-electron chi connectivity index (χ3n) is 7.56. The summed E-state index contributed by atoms with van der Waals surface area (Å²) in [4.78, 5) is 32.6. The zero-order valence-electron chi connectivity index (χ0n) is 26.0. The van der Waals surface area contributed by atoms with Crippen LogP contribution < -0.4 is 24.4 Å². The number of thiazole rings is 1. The fourth-order valence-electron chi connectivity index (χ4n) is 5.52. The van der Waals surface area contributed by atoms with Gasteiger partial charge in [0, 0.05) is 5.56 Å². The van der Waals surface area contributed by atoms with Crippen LogP contribution in [-0.4, -0.2) is 23.2 Å². The quantitative estimate of drug-likeness (QED) is 0.154. The Kier molecular flexibility index (Phi) is 9.24. The number of hydrogen-bond donors (Lipinski definition) is 0. The summed E-state index contributed by atoms with van der Waals surface area (Å²) in [5, 5.41) is 2.36. The van der Waals surface area contributed by atoms with E-state index in [4.69, 9.17) is 19.2 Å². The molecule has 0 amide bonds. The molecule has 1 atom stereocenters. The van der Waals surface area contributed by atoms with Gasteiger partial charge in [-0.2, -0.15) is 0 Å². The molecule has 1 aromatic heterocycles. The number of benzene rings is 4. The molecule has 6 rings (SSSR count). The van der Waals surface area contributed by atoms with Gasteiger partial charge in [-0.05, 0) is 95.9 Å². The Bertz CT molecular complexity index is 2160. The van der Waals surface area contributed by atoms with Crippen molar-refractivity contribution in [2.24, 2.45) is 4.99 Å². The predicted octanol–water partition coefficient (Wildman–Crippen LogP) is 7.08. The molecule has 0 aliphatic carbocycles. The number of halogens is 1. The lowest BCUT2D eigenvalue weighted by Crippen LogP contribution is -2.40. The van der Waals surface area contributed by atoms with Gasteiger partial charge >= 0.3 is 5.97 Å². The van der Waals surface area contributed by atoms with Crippen molar-refractivity contribution < 1.29 is 19.0 Å².